The van der Waals surface area contributed by atoms with Gasteiger partial charge in [-0.2, -0.15) is 0 Å². The van der Waals surface area contributed by atoms with Gasteiger partial charge in [0, 0.05) is 11.3 Å². The minimum absolute atomic E-state index is 0.0158. The first-order valence-corrected chi connectivity index (χ1v) is 11.3. The molecule has 1 saturated carbocycles. The molecule has 1 fully saturated rings. The van der Waals surface area contributed by atoms with E-state index < -0.39 is 17.5 Å². The summed E-state index contributed by atoms with van der Waals surface area (Å²) >= 11 is 0. The van der Waals surface area contributed by atoms with E-state index in [-0.39, 0.29) is 47.6 Å². The molecular formula is C26H25F2N5O3. The number of benzene rings is 2. The van der Waals surface area contributed by atoms with Crippen molar-refractivity contribution in [2.24, 2.45) is 0 Å². The van der Waals surface area contributed by atoms with Gasteiger partial charge in [-0.05, 0) is 67.2 Å². The zero-order valence-corrected chi connectivity index (χ0v) is 19.6. The van der Waals surface area contributed by atoms with E-state index in [2.05, 4.69) is 27.2 Å². The van der Waals surface area contributed by atoms with Crippen molar-refractivity contribution in [3.8, 4) is 17.0 Å². The van der Waals surface area contributed by atoms with E-state index >= 15 is 0 Å². The number of nitrogen functional groups attached to an aromatic ring is 1. The first-order chi connectivity index (χ1) is 17.3. The Labute approximate surface area is 206 Å². The second-order valence-corrected chi connectivity index (χ2v) is 8.37. The lowest BCUT2D eigenvalue weighted by molar-refractivity contribution is -0.116. The Kier molecular flexibility index (Phi) is 7.23. The Morgan fingerprint density at radius 2 is 2.00 bits per heavy atom. The molecule has 0 aliphatic heterocycles. The number of carbonyl (C=O) groups excluding carboxylic acids is 2. The number of ether oxygens (including phenoxy) is 1. The van der Waals surface area contributed by atoms with Gasteiger partial charge in [-0.15, -0.1) is 0 Å². The van der Waals surface area contributed by atoms with Crippen LogP contribution in [0.5, 0.6) is 5.75 Å². The van der Waals surface area contributed by atoms with Crippen LogP contribution in [0.15, 0.2) is 49.3 Å². The highest BCUT2D eigenvalue weighted by Crippen LogP contribution is 2.40. The summed E-state index contributed by atoms with van der Waals surface area (Å²) < 4.78 is 35.0. The normalized spacial score (nSPS) is 12.6. The maximum Gasteiger partial charge on any atom is 0.258 e. The summed E-state index contributed by atoms with van der Waals surface area (Å²) in [4.78, 5) is 32.3. The zero-order chi connectivity index (χ0) is 25.8. The Balaban J connectivity index is 1.60. The highest BCUT2D eigenvalue weighted by molar-refractivity contribution is 6.05. The number of aromatic nitrogens is 2. The number of nitrogens with two attached hydrogens (primary N) is 1. The van der Waals surface area contributed by atoms with Gasteiger partial charge in [0.25, 0.3) is 5.91 Å². The van der Waals surface area contributed by atoms with Crippen LogP contribution in [-0.4, -0.2) is 34.9 Å². The van der Waals surface area contributed by atoms with Crippen molar-refractivity contribution in [1.29, 1.82) is 0 Å². The molecule has 4 rings (SSSR count). The van der Waals surface area contributed by atoms with E-state index in [1.807, 2.05) is 0 Å². The largest absolute Gasteiger partial charge is 0.486 e. The van der Waals surface area contributed by atoms with Crippen molar-refractivity contribution in [3.63, 3.8) is 0 Å². The fourth-order valence-corrected chi connectivity index (χ4v) is 3.75. The van der Waals surface area contributed by atoms with Crippen molar-refractivity contribution in [1.82, 2.24) is 15.3 Å². The van der Waals surface area contributed by atoms with Crippen LogP contribution in [0.4, 0.5) is 20.3 Å². The Morgan fingerprint density at radius 1 is 1.22 bits per heavy atom. The zero-order valence-electron chi connectivity index (χ0n) is 19.6. The second kappa shape index (κ2) is 10.5. The van der Waals surface area contributed by atoms with Crippen LogP contribution in [0.3, 0.4) is 0 Å². The molecule has 186 valence electrons. The lowest BCUT2D eigenvalue weighted by Crippen LogP contribution is -2.26. The van der Waals surface area contributed by atoms with Crippen LogP contribution < -0.4 is 21.1 Å². The number of amides is 2. The van der Waals surface area contributed by atoms with E-state index in [1.54, 1.807) is 13.0 Å². The maximum atomic E-state index is 14.6. The Morgan fingerprint density at radius 3 is 2.69 bits per heavy atom. The number of anilines is 2. The number of carbonyl (C=O) groups is 2. The molecule has 0 atom stereocenters. The molecule has 8 nitrogen and oxygen atoms in total. The molecule has 1 aliphatic rings. The van der Waals surface area contributed by atoms with Gasteiger partial charge in [-0.1, -0.05) is 12.6 Å². The molecule has 3 aromatic rings. The van der Waals surface area contributed by atoms with Crippen LogP contribution >= 0.6 is 0 Å². The number of rotatable bonds is 9. The van der Waals surface area contributed by atoms with Crippen molar-refractivity contribution < 1.29 is 23.1 Å². The summed E-state index contributed by atoms with van der Waals surface area (Å²) in [6.07, 6.45) is 4.36. The Bertz CT molecular complexity index is 1340. The van der Waals surface area contributed by atoms with Crippen molar-refractivity contribution in [2.75, 3.05) is 24.2 Å². The molecule has 2 amide bonds. The molecular weight excluding hydrogens is 468 g/mol. The summed E-state index contributed by atoms with van der Waals surface area (Å²) in [5.41, 5.74) is 7.81. The average molecular weight is 494 g/mol. The molecule has 36 heavy (non-hydrogen) atoms. The van der Waals surface area contributed by atoms with Gasteiger partial charge in [0.05, 0.1) is 12.1 Å². The average Bonchev–Trinajstić information content (AvgIpc) is 3.70. The molecule has 1 heterocycles. The van der Waals surface area contributed by atoms with Gasteiger partial charge in [0.15, 0.2) is 11.6 Å². The van der Waals surface area contributed by atoms with Gasteiger partial charge in [0.2, 0.25) is 5.91 Å². The number of hydrogen-bond acceptors (Lipinski definition) is 6. The summed E-state index contributed by atoms with van der Waals surface area (Å²) in [5.74, 6) is -1.90. The molecule has 0 bridgehead atoms. The van der Waals surface area contributed by atoms with Crippen LogP contribution in [0.2, 0.25) is 0 Å². The van der Waals surface area contributed by atoms with Crippen LogP contribution in [0.1, 0.15) is 40.2 Å². The third-order valence-corrected chi connectivity index (χ3v) is 5.83. The van der Waals surface area contributed by atoms with Gasteiger partial charge in [-0.25, -0.2) is 18.7 Å². The van der Waals surface area contributed by atoms with Crippen LogP contribution in [0.25, 0.3) is 11.3 Å². The molecule has 0 saturated heterocycles. The summed E-state index contributed by atoms with van der Waals surface area (Å²) in [6, 6.07) is 6.93. The number of halogens is 2. The molecule has 1 aromatic heterocycles. The molecule has 4 N–H and O–H groups in total. The standard InChI is InChI=1S/C26H25F2N5O3/c1-3-22(34)30-8-9-36-24-23(31-13-32-25(24)29)19-11-17(27)12-21(14(19)2)33-26(35)18-7-6-16(10-20(18)28)15-4-5-15/h3,6-7,10-13,15H,1,4-5,8-9H2,2H3,(H,30,34)(H,33,35)(H2,29,31,32). The topological polar surface area (TPSA) is 119 Å². The molecule has 0 spiro atoms. The summed E-state index contributed by atoms with van der Waals surface area (Å²) in [7, 11) is 0. The fraction of sp³-hybridized carbons (Fsp3) is 0.231. The molecule has 1 aliphatic carbocycles. The minimum Gasteiger partial charge on any atom is -0.486 e. The third kappa shape index (κ3) is 5.48. The summed E-state index contributed by atoms with van der Waals surface area (Å²) in [6.45, 7) is 5.23. The smallest absolute Gasteiger partial charge is 0.258 e. The first-order valence-electron chi connectivity index (χ1n) is 11.3. The summed E-state index contributed by atoms with van der Waals surface area (Å²) in [5, 5.41) is 5.16. The van der Waals surface area contributed by atoms with Crippen molar-refractivity contribution >= 4 is 23.3 Å². The first kappa shape index (κ1) is 24.8. The SMILES string of the molecule is C=CC(=O)NCCOc1c(N)ncnc1-c1cc(F)cc(NC(=O)c2ccc(C3CC3)cc2F)c1C. The molecule has 0 unspecified atom stereocenters. The van der Waals surface area contributed by atoms with Gasteiger partial charge in [-0.3, -0.25) is 9.59 Å². The highest BCUT2D eigenvalue weighted by Gasteiger charge is 2.25. The van der Waals surface area contributed by atoms with Gasteiger partial charge < -0.3 is 21.1 Å². The van der Waals surface area contributed by atoms with E-state index in [0.717, 1.165) is 30.5 Å². The van der Waals surface area contributed by atoms with Crippen LogP contribution in [-0.2, 0) is 4.79 Å². The Hall–Kier alpha value is -4.34. The van der Waals surface area contributed by atoms with Crippen LogP contribution in [0, 0.1) is 18.6 Å². The van der Waals surface area contributed by atoms with Gasteiger partial charge >= 0.3 is 0 Å². The predicted octanol–water partition coefficient (Wildman–Crippen LogP) is 4.12. The second-order valence-electron chi connectivity index (χ2n) is 8.37. The third-order valence-electron chi connectivity index (χ3n) is 5.83. The van der Waals surface area contributed by atoms with E-state index in [0.29, 0.717) is 17.0 Å². The lowest BCUT2D eigenvalue weighted by Gasteiger charge is -2.17. The van der Waals surface area contributed by atoms with E-state index in [4.69, 9.17) is 10.5 Å². The lowest BCUT2D eigenvalue weighted by atomic mass is 10.0. The molecule has 2 aromatic carbocycles. The number of nitrogens with one attached hydrogen (secondary N) is 2. The monoisotopic (exact) mass is 493 g/mol. The van der Waals surface area contributed by atoms with Gasteiger partial charge in [0.1, 0.15) is 30.3 Å². The van der Waals surface area contributed by atoms with Crippen molar-refractivity contribution in [2.45, 2.75) is 25.7 Å². The predicted molar refractivity (Wildman–Crippen MR) is 132 cm³/mol. The maximum absolute atomic E-state index is 14.6. The van der Waals surface area contributed by atoms with Crippen molar-refractivity contribution in [3.05, 3.63) is 77.6 Å². The number of hydrogen-bond donors (Lipinski definition) is 3. The van der Waals surface area contributed by atoms with E-state index in [1.165, 1.54) is 24.5 Å². The fourth-order valence-electron chi connectivity index (χ4n) is 3.75. The van der Waals surface area contributed by atoms with E-state index in [9.17, 15) is 18.4 Å². The molecule has 10 heteroatoms. The molecule has 0 radical (unpaired) electrons. The highest BCUT2D eigenvalue weighted by atomic mass is 19.1. The quantitative estimate of drug-likeness (QED) is 0.305. The minimum atomic E-state index is -0.703. The number of nitrogens with zero attached hydrogens (tertiary/aromatic N) is 2.